The highest BCUT2D eigenvalue weighted by atomic mass is 79.9. The number of rotatable bonds is 3. The number of hydrogen-bond acceptors (Lipinski definition) is 2. The Kier molecular flexibility index (Phi) is 4.65. The van der Waals surface area contributed by atoms with E-state index in [9.17, 15) is 9.59 Å². The van der Waals surface area contributed by atoms with Crippen LogP contribution in [0.1, 0.15) is 26.3 Å². The summed E-state index contributed by atoms with van der Waals surface area (Å²) in [6.45, 7) is 1.69. The van der Waals surface area contributed by atoms with Crippen molar-refractivity contribution in [1.82, 2.24) is 0 Å². The first kappa shape index (κ1) is 15.5. The average molecular weight is 369 g/mol. The number of nitrogens with one attached hydrogen (secondary N) is 1. The van der Waals surface area contributed by atoms with Gasteiger partial charge < -0.3 is 10.4 Å². The van der Waals surface area contributed by atoms with Crippen LogP contribution in [0.4, 0.5) is 5.69 Å². The van der Waals surface area contributed by atoms with Crippen LogP contribution in [-0.2, 0) is 0 Å². The molecule has 0 aliphatic carbocycles. The van der Waals surface area contributed by atoms with Gasteiger partial charge in [0.1, 0.15) is 0 Å². The summed E-state index contributed by atoms with van der Waals surface area (Å²) in [5, 5.41) is 12.0. The molecule has 4 nitrogen and oxygen atoms in total. The van der Waals surface area contributed by atoms with Crippen LogP contribution < -0.4 is 5.32 Å². The van der Waals surface area contributed by atoms with E-state index in [0.29, 0.717) is 26.3 Å². The highest BCUT2D eigenvalue weighted by Gasteiger charge is 2.14. The van der Waals surface area contributed by atoms with Crippen molar-refractivity contribution >= 4 is 45.1 Å². The van der Waals surface area contributed by atoms with E-state index in [1.807, 2.05) is 0 Å². The molecule has 0 aromatic heterocycles. The molecular formula is C15H11BrClNO3. The van der Waals surface area contributed by atoms with Crippen LogP contribution in [0.25, 0.3) is 0 Å². The molecule has 2 rings (SSSR count). The second kappa shape index (κ2) is 6.28. The lowest BCUT2D eigenvalue weighted by atomic mass is 10.1. The summed E-state index contributed by atoms with van der Waals surface area (Å²) in [6, 6.07) is 9.72. The topological polar surface area (TPSA) is 66.4 Å². The van der Waals surface area contributed by atoms with Crippen molar-refractivity contribution in [3.05, 3.63) is 62.6 Å². The number of benzene rings is 2. The van der Waals surface area contributed by atoms with Crippen molar-refractivity contribution < 1.29 is 14.7 Å². The van der Waals surface area contributed by atoms with Gasteiger partial charge in [0, 0.05) is 10.2 Å². The number of carbonyl (C=O) groups is 2. The van der Waals surface area contributed by atoms with Gasteiger partial charge in [0.15, 0.2) is 0 Å². The number of carboxylic acid groups (broad SMARTS) is 1. The fourth-order valence-electron chi connectivity index (χ4n) is 1.81. The van der Waals surface area contributed by atoms with Gasteiger partial charge in [-0.2, -0.15) is 0 Å². The molecule has 0 aliphatic rings. The quantitative estimate of drug-likeness (QED) is 0.846. The molecule has 0 saturated heterocycles. The van der Waals surface area contributed by atoms with Crippen molar-refractivity contribution in [3.8, 4) is 0 Å². The smallest absolute Gasteiger partial charge is 0.336 e. The molecule has 0 saturated carbocycles. The summed E-state index contributed by atoms with van der Waals surface area (Å²) >= 11 is 9.31. The molecule has 0 unspecified atom stereocenters. The number of halogens is 2. The third kappa shape index (κ3) is 3.43. The Morgan fingerprint density at radius 1 is 1.19 bits per heavy atom. The monoisotopic (exact) mass is 367 g/mol. The Bertz CT molecular complexity index is 731. The summed E-state index contributed by atoms with van der Waals surface area (Å²) in [5.74, 6) is -1.44. The maximum Gasteiger partial charge on any atom is 0.336 e. The Balaban J connectivity index is 2.30. The van der Waals surface area contributed by atoms with Crippen molar-refractivity contribution in [1.29, 1.82) is 0 Å². The van der Waals surface area contributed by atoms with Gasteiger partial charge in [-0.25, -0.2) is 4.79 Å². The number of carbonyl (C=O) groups excluding carboxylic acids is 1. The molecule has 0 fully saturated rings. The minimum atomic E-state index is -1.04. The summed E-state index contributed by atoms with van der Waals surface area (Å²) in [5.41, 5.74) is 1.48. The van der Waals surface area contributed by atoms with Crippen LogP contribution in [0.2, 0.25) is 5.02 Å². The van der Waals surface area contributed by atoms with Crippen LogP contribution in [0.3, 0.4) is 0 Å². The van der Waals surface area contributed by atoms with E-state index in [1.54, 1.807) is 37.3 Å². The minimum absolute atomic E-state index is 0.146. The highest BCUT2D eigenvalue weighted by Crippen LogP contribution is 2.27. The van der Waals surface area contributed by atoms with Gasteiger partial charge in [-0.05, 0) is 52.7 Å². The molecule has 0 heterocycles. The number of anilines is 1. The van der Waals surface area contributed by atoms with Gasteiger partial charge in [-0.15, -0.1) is 0 Å². The van der Waals surface area contributed by atoms with E-state index < -0.39 is 11.9 Å². The number of hydrogen-bond donors (Lipinski definition) is 2. The fourth-order valence-corrected chi connectivity index (χ4v) is 2.39. The highest BCUT2D eigenvalue weighted by molar-refractivity contribution is 9.10. The Morgan fingerprint density at radius 3 is 2.57 bits per heavy atom. The predicted octanol–water partition coefficient (Wildman–Crippen LogP) is 4.36. The minimum Gasteiger partial charge on any atom is -0.478 e. The number of amides is 1. The van der Waals surface area contributed by atoms with Crippen molar-refractivity contribution in [3.63, 3.8) is 0 Å². The van der Waals surface area contributed by atoms with Gasteiger partial charge in [0.05, 0.1) is 16.1 Å². The molecule has 2 aromatic rings. The lowest BCUT2D eigenvalue weighted by Crippen LogP contribution is -2.13. The molecule has 0 spiro atoms. The van der Waals surface area contributed by atoms with Gasteiger partial charge in [0.25, 0.3) is 5.91 Å². The molecule has 0 aliphatic heterocycles. The molecule has 2 aromatic carbocycles. The Morgan fingerprint density at radius 2 is 1.90 bits per heavy atom. The third-order valence-electron chi connectivity index (χ3n) is 2.92. The Labute approximate surface area is 134 Å². The zero-order chi connectivity index (χ0) is 15.6. The second-order valence-electron chi connectivity index (χ2n) is 4.39. The first-order valence-electron chi connectivity index (χ1n) is 5.99. The van der Waals surface area contributed by atoms with Crippen LogP contribution in [-0.4, -0.2) is 17.0 Å². The zero-order valence-electron chi connectivity index (χ0n) is 11.0. The molecule has 0 bridgehead atoms. The molecule has 1 amide bonds. The van der Waals surface area contributed by atoms with Crippen molar-refractivity contribution in [2.45, 2.75) is 6.92 Å². The average Bonchev–Trinajstić information content (AvgIpc) is 2.43. The van der Waals surface area contributed by atoms with Crippen LogP contribution >= 0.6 is 27.5 Å². The molecular weight excluding hydrogens is 358 g/mol. The van der Waals surface area contributed by atoms with E-state index in [-0.39, 0.29) is 5.56 Å². The fraction of sp³-hybridized carbons (Fsp3) is 0.0667. The first-order valence-corrected chi connectivity index (χ1v) is 7.16. The molecule has 21 heavy (non-hydrogen) atoms. The number of aromatic carboxylic acids is 1. The molecule has 6 heteroatoms. The summed E-state index contributed by atoms with van der Waals surface area (Å²) < 4.78 is 0.618. The Hall–Kier alpha value is -1.85. The second-order valence-corrected chi connectivity index (χ2v) is 5.62. The molecule has 108 valence electrons. The van der Waals surface area contributed by atoms with E-state index >= 15 is 0 Å². The maximum absolute atomic E-state index is 12.2. The van der Waals surface area contributed by atoms with E-state index in [1.165, 1.54) is 6.07 Å². The van der Waals surface area contributed by atoms with Gasteiger partial charge in [-0.3, -0.25) is 4.79 Å². The summed E-state index contributed by atoms with van der Waals surface area (Å²) in [4.78, 5) is 23.3. The van der Waals surface area contributed by atoms with E-state index in [0.717, 1.165) is 0 Å². The predicted molar refractivity (Wildman–Crippen MR) is 85.2 cm³/mol. The van der Waals surface area contributed by atoms with Gasteiger partial charge >= 0.3 is 5.97 Å². The first-order chi connectivity index (χ1) is 9.90. The molecule has 0 radical (unpaired) electrons. The molecule has 2 N–H and O–H groups in total. The normalized spacial score (nSPS) is 10.2. The van der Waals surface area contributed by atoms with Gasteiger partial charge in [-0.1, -0.05) is 23.7 Å². The van der Waals surface area contributed by atoms with Gasteiger partial charge in [0.2, 0.25) is 0 Å². The number of aryl methyl sites for hydroxylation is 1. The molecule has 0 atom stereocenters. The number of carboxylic acids is 1. The summed E-state index contributed by atoms with van der Waals surface area (Å²) in [6.07, 6.45) is 0. The maximum atomic E-state index is 12.2. The largest absolute Gasteiger partial charge is 0.478 e. The third-order valence-corrected chi connectivity index (χ3v) is 4.22. The SMILES string of the molecule is Cc1ccc(NC(=O)c2cccc(Br)c2Cl)cc1C(=O)O. The lowest BCUT2D eigenvalue weighted by molar-refractivity contribution is 0.0695. The van der Waals surface area contributed by atoms with Crippen LogP contribution in [0.15, 0.2) is 40.9 Å². The van der Waals surface area contributed by atoms with Crippen molar-refractivity contribution in [2.24, 2.45) is 0 Å². The van der Waals surface area contributed by atoms with E-state index in [2.05, 4.69) is 21.2 Å². The van der Waals surface area contributed by atoms with Crippen LogP contribution in [0, 0.1) is 6.92 Å². The lowest BCUT2D eigenvalue weighted by Gasteiger charge is -2.09. The summed E-state index contributed by atoms with van der Waals surface area (Å²) in [7, 11) is 0. The van der Waals surface area contributed by atoms with Crippen molar-refractivity contribution in [2.75, 3.05) is 5.32 Å². The zero-order valence-corrected chi connectivity index (χ0v) is 13.3. The standard InChI is InChI=1S/C15H11BrClNO3/c1-8-5-6-9(7-11(8)15(20)21)18-14(19)10-3-2-4-12(16)13(10)17/h2-7H,1H3,(H,18,19)(H,20,21). The van der Waals surface area contributed by atoms with Crippen LogP contribution in [0.5, 0.6) is 0 Å². The van der Waals surface area contributed by atoms with E-state index in [4.69, 9.17) is 16.7 Å².